The fraction of sp³-hybridized carbons (Fsp3) is 0.429. The highest BCUT2D eigenvalue weighted by molar-refractivity contribution is 5.98. The van der Waals surface area contributed by atoms with Crippen LogP contribution in [0, 0.1) is 0 Å². The van der Waals surface area contributed by atoms with Crippen molar-refractivity contribution in [2.45, 2.75) is 25.6 Å². The van der Waals surface area contributed by atoms with Gasteiger partial charge in [0.1, 0.15) is 12.1 Å². The lowest BCUT2D eigenvalue weighted by Crippen LogP contribution is -2.58. The molecule has 0 atom stereocenters. The van der Waals surface area contributed by atoms with Gasteiger partial charge < -0.3 is 9.64 Å². The van der Waals surface area contributed by atoms with Crippen LogP contribution in [0.1, 0.15) is 29.8 Å². The Hall–Kier alpha value is -2.05. The molecule has 1 aliphatic rings. The van der Waals surface area contributed by atoms with E-state index in [4.69, 9.17) is 4.74 Å². The van der Waals surface area contributed by atoms with Gasteiger partial charge in [-0.2, -0.15) is 13.2 Å². The summed E-state index contributed by atoms with van der Waals surface area (Å²) in [4.78, 5) is 25.3. The quantitative estimate of drug-likeness (QED) is 0.749. The summed E-state index contributed by atoms with van der Waals surface area (Å²) in [5.74, 6) is -1.03. The van der Waals surface area contributed by atoms with Crippen molar-refractivity contribution >= 4 is 11.9 Å². The number of cyclic esters (lactones) is 1. The Bertz CT molecular complexity index is 564. The van der Waals surface area contributed by atoms with Gasteiger partial charge in [0, 0.05) is 5.56 Å². The number of halogens is 3. The van der Waals surface area contributed by atoms with Crippen LogP contribution in [0.25, 0.3) is 0 Å². The summed E-state index contributed by atoms with van der Waals surface area (Å²) >= 11 is 0. The number of hydrogen-bond acceptors (Lipinski definition) is 3. The van der Waals surface area contributed by atoms with E-state index in [9.17, 15) is 22.8 Å². The van der Waals surface area contributed by atoms with Crippen molar-refractivity contribution in [1.82, 2.24) is 4.90 Å². The summed E-state index contributed by atoms with van der Waals surface area (Å²) in [5.41, 5.74) is -1.86. The molecule has 1 aliphatic heterocycles. The third kappa shape index (κ3) is 2.86. The van der Waals surface area contributed by atoms with E-state index < -0.39 is 29.2 Å². The third-order valence-electron chi connectivity index (χ3n) is 3.43. The highest BCUT2D eigenvalue weighted by atomic mass is 19.4. The minimum Gasteiger partial charge on any atom is -0.462 e. The molecule has 1 aromatic rings. The summed E-state index contributed by atoms with van der Waals surface area (Å²) in [6.07, 6.45) is -4.45. The molecule has 0 radical (unpaired) electrons. The number of morpholine rings is 1. The van der Waals surface area contributed by atoms with E-state index in [1.165, 1.54) is 18.7 Å². The number of nitrogens with zero attached hydrogens (tertiary/aromatic N) is 1. The molecule has 0 unspecified atom stereocenters. The lowest BCUT2D eigenvalue weighted by atomic mass is 9.99. The highest BCUT2D eigenvalue weighted by Crippen LogP contribution is 2.30. The van der Waals surface area contributed by atoms with Crippen LogP contribution >= 0.6 is 0 Å². The van der Waals surface area contributed by atoms with Crippen molar-refractivity contribution in [1.29, 1.82) is 0 Å². The van der Waals surface area contributed by atoms with Crippen LogP contribution in [-0.4, -0.2) is 35.5 Å². The minimum atomic E-state index is -4.45. The van der Waals surface area contributed by atoms with Crippen molar-refractivity contribution in [2.75, 3.05) is 13.2 Å². The lowest BCUT2D eigenvalue weighted by molar-refractivity contribution is -0.162. The van der Waals surface area contributed by atoms with Crippen LogP contribution in [0.3, 0.4) is 0 Å². The minimum absolute atomic E-state index is 0.0780. The number of rotatable bonds is 1. The smallest absolute Gasteiger partial charge is 0.416 e. The van der Waals surface area contributed by atoms with Gasteiger partial charge in [0.2, 0.25) is 0 Å². The Kier molecular flexibility index (Phi) is 3.69. The molecule has 0 spiro atoms. The van der Waals surface area contributed by atoms with Crippen molar-refractivity contribution in [3.63, 3.8) is 0 Å². The molecule has 1 amide bonds. The third-order valence-corrected chi connectivity index (χ3v) is 3.43. The maximum Gasteiger partial charge on any atom is 0.416 e. The van der Waals surface area contributed by atoms with E-state index in [0.717, 1.165) is 24.3 Å². The summed E-state index contributed by atoms with van der Waals surface area (Å²) in [6, 6.07) is 3.92. The predicted molar refractivity (Wildman–Crippen MR) is 67.5 cm³/mol. The number of esters is 1. The molecule has 21 heavy (non-hydrogen) atoms. The van der Waals surface area contributed by atoms with Crippen molar-refractivity contribution in [3.05, 3.63) is 35.4 Å². The molecule has 1 heterocycles. The van der Waals surface area contributed by atoms with Crippen LogP contribution in [-0.2, 0) is 15.7 Å². The zero-order chi connectivity index (χ0) is 15.8. The largest absolute Gasteiger partial charge is 0.462 e. The summed E-state index contributed by atoms with van der Waals surface area (Å²) in [6.45, 7) is 3.36. The van der Waals surface area contributed by atoms with E-state index in [1.54, 1.807) is 0 Å². The van der Waals surface area contributed by atoms with Crippen LogP contribution < -0.4 is 0 Å². The molecule has 4 nitrogen and oxygen atoms in total. The molecule has 1 aromatic carbocycles. The average Bonchev–Trinajstić information content (AvgIpc) is 2.40. The average molecular weight is 301 g/mol. The Balaban J connectivity index is 2.26. The first-order chi connectivity index (χ1) is 9.64. The summed E-state index contributed by atoms with van der Waals surface area (Å²) in [5, 5.41) is 0. The second kappa shape index (κ2) is 5.05. The van der Waals surface area contributed by atoms with Gasteiger partial charge in [0.25, 0.3) is 5.91 Å². The molecule has 0 saturated carbocycles. The van der Waals surface area contributed by atoms with Crippen LogP contribution in [0.2, 0.25) is 0 Å². The highest BCUT2D eigenvalue weighted by Gasteiger charge is 2.42. The number of carbonyl (C=O) groups excluding carboxylic acids is 2. The maximum absolute atomic E-state index is 12.5. The number of carbonyl (C=O) groups is 2. The van der Waals surface area contributed by atoms with Gasteiger partial charge in [-0.25, -0.2) is 4.79 Å². The topological polar surface area (TPSA) is 46.6 Å². The number of alkyl halides is 3. The SMILES string of the molecule is CC1(C)C(=O)OCCN1C(=O)c1ccc(C(F)(F)F)cc1. The summed E-state index contributed by atoms with van der Waals surface area (Å²) in [7, 11) is 0. The van der Waals surface area contributed by atoms with Crippen molar-refractivity contribution < 1.29 is 27.5 Å². The molecule has 114 valence electrons. The van der Waals surface area contributed by atoms with Gasteiger partial charge in [-0.1, -0.05) is 0 Å². The molecule has 7 heteroatoms. The zero-order valence-corrected chi connectivity index (χ0v) is 11.5. The standard InChI is InChI=1S/C14H14F3NO3/c1-13(2)12(20)21-8-7-18(13)11(19)9-3-5-10(6-4-9)14(15,16)17/h3-6H,7-8H2,1-2H3. The first-order valence-electron chi connectivity index (χ1n) is 6.30. The first kappa shape index (κ1) is 15.3. The van der Waals surface area contributed by atoms with Gasteiger partial charge in [0.05, 0.1) is 12.1 Å². The normalized spacial score (nSPS) is 18.3. The molecule has 0 aromatic heterocycles. The van der Waals surface area contributed by atoms with Crippen molar-refractivity contribution in [3.8, 4) is 0 Å². The number of benzene rings is 1. The molecule has 2 rings (SSSR count). The van der Waals surface area contributed by atoms with E-state index in [2.05, 4.69) is 0 Å². The van der Waals surface area contributed by atoms with Gasteiger partial charge in [-0.3, -0.25) is 4.79 Å². The number of amides is 1. The van der Waals surface area contributed by atoms with Crippen molar-refractivity contribution in [2.24, 2.45) is 0 Å². The fourth-order valence-corrected chi connectivity index (χ4v) is 2.11. The Morgan fingerprint density at radius 3 is 2.33 bits per heavy atom. The van der Waals surface area contributed by atoms with Gasteiger partial charge in [-0.15, -0.1) is 0 Å². The fourth-order valence-electron chi connectivity index (χ4n) is 2.11. The molecule has 1 fully saturated rings. The molecule has 0 bridgehead atoms. The van der Waals surface area contributed by atoms with Gasteiger partial charge in [0.15, 0.2) is 0 Å². The van der Waals surface area contributed by atoms with Crippen LogP contribution in [0.5, 0.6) is 0 Å². The Labute approximate surface area is 119 Å². The maximum atomic E-state index is 12.5. The first-order valence-corrected chi connectivity index (χ1v) is 6.30. The Morgan fingerprint density at radius 1 is 1.24 bits per heavy atom. The molecular weight excluding hydrogens is 287 g/mol. The molecule has 0 N–H and O–H groups in total. The van der Waals surface area contributed by atoms with E-state index in [-0.39, 0.29) is 18.7 Å². The summed E-state index contributed by atoms with van der Waals surface area (Å²) < 4.78 is 42.4. The Morgan fingerprint density at radius 2 is 1.81 bits per heavy atom. The van der Waals surface area contributed by atoms with E-state index >= 15 is 0 Å². The number of ether oxygens (including phenoxy) is 1. The van der Waals surface area contributed by atoms with Gasteiger partial charge >= 0.3 is 12.1 Å². The molecular formula is C14H14F3NO3. The monoisotopic (exact) mass is 301 g/mol. The van der Waals surface area contributed by atoms with Gasteiger partial charge in [-0.05, 0) is 38.1 Å². The van der Waals surface area contributed by atoms with Crippen LogP contribution in [0.15, 0.2) is 24.3 Å². The molecule has 0 aliphatic carbocycles. The predicted octanol–water partition coefficient (Wildman–Crippen LogP) is 2.48. The zero-order valence-electron chi connectivity index (χ0n) is 11.5. The lowest BCUT2D eigenvalue weighted by Gasteiger charge is -2.40. The molecule has 1 saturated heterocycles. The second-order valence-corrected chi connectivity index (χ2v) is 5.23. The second-order valence-electron chi connectivity index (χ2n) is 5.23. The van der Waals surface area contributed by atoms with Crippen LogP contribution in [0.4, 0.5) is 13.2 Å². The number of hydrogen-bond donors (Lipinski definition) is 0. The van der Waals surface area contributed by atoms with E-state index in [0.29, 0.717) is 0 Å². The van der Waals surface area contributed by atoms with E-state index in [1.807, 2.05) is 0 Å².